The molecule has 0 saturated carbocycles. The monoisotopic (exact) mass is 442 g/mol. The molecular formula is C22H17F3N4O3. The second-order valence-electron chi connectivity index (χ2n) is 7.07. The zero-order valence-electron chi connectivity index (χ0n) is 17.0. The molecule has 0 aliphatic heterocycles. The van der Waals surface area contributed by atoms with Gasteiger partial charge in [-0.25, -0.2) is 9.78 Å². The lowest BCUT2D eigenvalue weighted by molar-refractivity contribution is -0.141. The van der Waals surface area contributed by atoms with Crippen molar-refractivity contribution in [2.45, 2.75) is 19.0 Å². The Balaban J connectivity index is 2.21. The average Bonchev–Trinajstić information content (AvgIpc) is 3.32. The number of hydrogen-bond donors (Lipinski definition) is 1. The number of rotatable bonds is 4. The van der Waals surface area contributed by atoms with Gasteiger partial charge in [0.05, 0.1) is 18.7 Å². The molecule has 0 spiro atoms. The summed E-state index contributed by atoms with van der Waals surface area (Å²) in [6, 6.07) is 10.1. The first-order valence-corrected chi connectivity index (χ1v) is 9.53. The third kappa shape index (κ3) is 3.53. The maximum Gasteiger partial charge on any atom is 0.433 e. The number of aromatic amines is 1. The van der Waals surface area contributed by atoms with E-state index in [-0.39, 0.29) is 22.3 Å². The standard InChI is InChI=1S/C22H17F3N4O3/c1-12(13-10-26-27-11-13)17-18(21(31)32-2)29(14-6-4-3-5-7-14)20-15(19(17)30)8-9-16(28-20)22(23,24)25/h3-12H,1-2H3,(H,26,27). The lowest BCUT2D eigenvalue weighted by atomic mass is 9.92. The number of ether oxygens (including phenoxy) is 1. The van der Waals surface area contributed by atoms with E-state index in [0.717, 1.165) is 19.2 Å². The van der Waals surface area contributed by atoms with Crippen molar-refractivity contribution in [1.29, 1.82) is 0 Å². The first kappa shape index (κ1) is 21.3. The number of H-pyrrole nitrogens is 1. The number of esters is 1. The van der Waals surface area contributed by atoms with Crippen molar-refractivity contribution in [3.63, 3.8) is 0 Å². The number of carbonyl (C=O) groups excluding carboxylic acids is 1. The highest BCUT2D eigenvalue weighted by atomic mass is 19.4. The molecule has 0 amide bonds. The molecule has 4 aromatic rings. The Morgan fingerprint density at radius 1 is 1.16 bits per heavy atom. The van der Waals surface area contributed by atoms with Gasteiger partial charge in [0.1, 0.15) is 17.0 Å². The van der Waals surface area contributed by atoms with Gasteiger partial charge in [-0.2, -0.15) is 18.3 Å². The Morgan fingerprint density at radius 3 is 2.47 bits per heavy atom. The van der Waals surface area contributed by atoms with Crippen LogP contribution in [-0.4, -0.2) is 32.8 Å². The van der Waals surface area contributed by atoms with Gasteiger partial charge in [0.25, 0.3) is 0 Å². The zero-order valence-corrected chi connectivity index (χ0v) is 17.0. The molecule has 32 heavy (non-hydrogen) atoms. The maximum absolute atomic E-state index is 13.5. The van der Waals surface area contributed by atoms with Crippen LogP contribution in [0, 0.1) is 0 Å². The number of nitrogens with zero attached hydrogens (tertiary/aromatic N) is 3. The van der Waals surface area contributed by atoms with Gasteiger partial charge in [-0.1, -0.05) is 25.1 Å². The number of carbonyl (C=O) groups is 1. The van der Waals surface area contributed by atoms with Gasteiger partial charge < -0.3 is 4.74 Å². The van der Waals surface area contributed by atoms with Crippen LogP contribution >= 0.6 is 0 Å². The van der Waals surface area contributed by atoms with E-state index in [4.69, 9.17) is 4.74 Å². The van der Waals surface area contributed by atoms with Crippen molar-refractivity contribution in [2.75, 3.05) is 7.11 Å². The molecule has 1 atom stereocenters. The molecule has 3 aromatic heterocycles. The molecule has 0 bridgehead atoms. The molecule has 1 aromatic carbocycles. The Bertz CT molecular complexity index is 1350. The predicted molar refractivity (Wildman–Crippen MR) is 110 cm³/mol. The summed E-state index contributed by atoms with van der Waals surface area (Å²) in [5.74, 6) is -1.49. The fourth-order valence-corrected chi connectivity index (χ4v) is 3.63. The zero-order chi connectivity index (χ0) is 23.0. The van der Waals surface area contributed by atoms with Gasteiger partial charge >= 0.3 is 12.1 Å². The Labute approximate surface area is 179 Å². The number of halogens is 3. The smallest absolute Gasteiger partial charge is 0.433 e. The summed E-state index contributed by atoms with van der Waals surface area (Å²) < 4.78 is 46.4. The summed E-state index contributed by atoms with van der Waals surface area (Å²) in [5, 5.41) is 6.49. The van der Waals surface area contributed by atoms with Crippen LogP contribution in [0.4, 0.5) is 13.2 Å². The van der Waals surface area contributed by atoms with Crippen LogP contribution in [0.15, 0.2) is 59.7 Å². The molecule has 1 N–H and O–H groups in total. The van der Waals surface area contributed by atoms with Crippen LogP contribution in [-0.2, 0) is 10.9 Å². The van der Waals surface area contributed by atoms with Crippen LogP contribution in [0.25, 0.3) is 16.7 Å². The number of aromatic nitrogens is 4. The molecule has 3 heterocycles. The molecular weight excluding hydrogens is 425 g/mol. The molecule has 1 unspecified atom stereocenters. The normalized spacial score (nSPS) is 12.7. The largest absolute Gasteiger partial charge is 0.464 e. The van der Waals surface area contributed by atoms with E-state index in [9.17, 15) is 22.8 Å². The molecule has 0 aliphatic carbocycles. The molecule has 0 radical (unpaired) electrons. The number of para-hydroxylation sites is 1. The van der Waals surface area contributed by atoms with Crippen molar-refractivity contribution < 1.29 is 22.7 Å². The second kappa shape index (κ2) is 7.95. The number of nitrogens with one attached hydrogen (secondary N) is 1. The highest BCUT2D eigenvalue weighted by molar-refractivity contribution is 5.94. The van der Waals surface area contributed by atoms with Gasteiger partial charge in [0.15, 0.2) is 5.43 Å². The number of benzene rings is 1. The predicted octanol–water partition coefficient (Wildman–Crippen LogP) is 4.07. The summed E-state index contributed by atoms with van der Waals surface area (Å²) >= 11 is 0. The van der Waals surface area contributed by atoms with Crippen LogP contribution in [0.1, 0.15) is 40.2 Å². The van der Waals surface area contributed by atoms with Crippen molar-refractivity contribution >= 4 is 17.0 Å². The summed E-state index contributed by atoms with van der Waals surface area (Å²) in [6.07, 6.45) is -1.65. The van der Waals surface area contributed by atoms with E-state index in [1.54, 1.807) is 43.5 Å². The van der Waals surface area contributed by atoms with Crippen molar-refractivity contribution in [3.05, 3.63) is 87.6 Å². The van der Waals surface area contributed by atoms with Crippen molar-refractivity contribution in [2.24, 2.45) is 0 Å². The molecule has 0 saturated heterocycles. The first-order valence-electron chi connectivity index (χ1n) is 9.53. The number of methoxy groups -OCH3 is 1. The molecule has 0 fully saturated rings. The van der Waals surface area contributed by atoms with E-state index in [1.807, 2.05) is 0 Å². The van der Waals surface area contributed by atoms with E-state index >= 15 is 0 Å². The minimum atomic E-state index is -4.74. The number of alkyl halides is 3. The van der Waals surface area contributed by atoms with Gasteiger partial charge in [0, 0.05) is 23.4 Å². The van der Waals surface area contributed by atoms with Crippen LogP contribution in [0.5, 0.6) is 0 Å². The molecule has 10 heteroatoms. The highest BCUT2D eigenvalue weighted by Crippen LogP contribution is 2.32. The minimum absolute atomic E-state index is 0.0557. The number of pyridine rings is 2. The van der Waals surface area contributed by atoms with Crippen molar-refractivity contribution in [1.82, 2.24) is 19.7 Å². The molecule has 7 nitrogen and oxygen atoms in total. The second-order valence-corrected chi connectivity index (χ2v) is 7.07. The summed E-state index contributed by atoms with van der Waals surface area (Å²) in [6.45, 7) is 1.70. The van der Waals surface area contributed by atoms with Crippen LogP contribution in [0.3, 0.4) is 0 Å². The highest BCUT2D eigenvalue weighted by Gasteiger charge is 2.35. The fourth-order valence-electron chi connectivity index (χ4n) is 3.63. The topological polar surface area (TPSA) is 89.9 Å². The third-order valence-corrected chi connectivity index (χ3v) is 5.19. The fraction of sp³-hybridized carbons (Fsp3) is 0.182. The number of fused-ring (bicyclic) bond motifs is 1. The Hall–Kier alpha value is -3.95. The van der Waals surface area contributed by atoms with E-state index < -0.39 is 29.2 Å². The quantitative estimate of drug-likeness (QED) is 0.482. The minimum Gasteiger partial charge on any atom is -0.464 e. The van der Waals surface area contributed by atoms with E-state index in [1.165, 1.54) is 10.8 Å². The SMILES string of the molecule is COC(=O)c1c(C(C)c2cn[nH]c2)c(=O)c2ccc(C(F)(F)F)nc2n1-c1ccccc1. The van der Waals surface area contributed by atoms with E-state index in [2.05, 4.69) is 15.2 Å². The number of hydrogen-bond acceptors (Lipinski definition) is 5. The van der Waals surface area contributed by atoms with E-state index in [0.29, 0.717) is 11.3 Å². The van der Waals surface area contributed by atoms with Crippen molar-refractivity contribution in [3.8, 4) is 5.69 Å². The van der Waals surface area contributed by atoms with Crippen LogP contribution in [0.2, 0.25) is 0 Å². The average molecular weight is 442 g/mol. The van der Waals surface area contributed by atoms with Crippen LogP contribution < -0.4 is 5.43 Å². The summed E-state index contributed by atoms with van der Waals surface area (Å²) in [5.41, 5.74) is -1.24. The Morgan fingerprint density at radius 2 is 1.88 bits per heavy atom. The lowest BCUT2D eigenvalue weighted by Crippen LogP contribution is -2.27. The van der Waals surface area contributed by atoms with Gasteiger partial charge in [-0.3, -0.25) is 14.5 Å². The third-order valence-electron chi connectivity index (χ3n) is 5.19. The Kier molecular flexibility index (Phi) is 5.29. The molecule has 164 valence electrons. The first-order chi connectivity index (χ1) is 15.2. The van der Waals surface area contributed by atoms with Gasteiger partial charge in [0.2, 0.25) is 0 Å². The van der Waals surface area contributed by atoms with Gasteiger partial charge in [-0.15, -0.1) is 0 Å². The maximum atomic E-state index is 13.5. The molecule has 0 aliphatic rings. The molecule has 4 rings (SSSR count). The lowest BCUT2D eigenvalue weighted by Gasteiger charge is -2.21. The summed E-state index contributed by atoms with van der Waals surface area (Å²) in [7, 11) is 1.14. The summed E-state index contributed by atoms with van der Waals surface area (Å²) in [4.78, 5) is 30.1. The van der Waals surface area contributed by atoms with Gasteiger partial charge in [-0.05, 0) is 29.8 Å².